The maximum Gasteiger partial charge on any atom is 0.110 e. The second-order valence-corrected chi connectivity index (χ2v) is 6.66. The van der Waals surface area contributed by atoms with Crippen LogP contribution in [0.4, 0.5) is 0 Å². The molecule has 0 aromatic heterocycles. The molecule has 0 spiro atoms. The normalized spacial score (nSPS) is 49.4. The van der Waals surface area contributed by atoms with Gasteiger partial charge in [0.2, 0.25) is 0 Å². The van der Waals surface area contributed by atoms with Gasteiger partial charge in [0.15, 0.2) is 0 Å². The van der Waals surface area contributed by atoms with Gasteiger partial charge in [-0.3, -0.25) is 0 Å². The summed E-state index contributed by atoms with van der Waals surface area (Å²) in [5.41, 5.74) is -0.396. The van der Waals surface area contributed by atoms with Crippen LogP contribution in [0.25, 0.3) is 0 Å². The van der Waals surface area contributed by atoms with Crippen LogP contribution in [0.2, 0.25) is 0 Å². The number of ether oxygens (including phenoxy) is 4. The van der Waals surface area contributed by atoms with Crippen molar-refractivity contribution in [3.05, 3.63) is 12.7 Å². The van der Waals surface area contributed by atoms with Gasteiger partial charge in [-0.2, -0.15) is 0 Å². The minimum Gasteiger partial charge on any atom is -0.376 e. The minimum atomic E-state index is -0.276. The Morgan fingerprint density at radius 1 is 1.10 bits per heavy atom. The molecule has 3 fully saturated rings. The average molecular weight is 282 g/mol. The second kappa shape index (κ2) is 5.41. The van der Waals surface area contributed by atoms with E-state index in [2.05, 4.69) is 20.4 Å². The van der Waals surface area contributed by atoms with E-state index in [-0.39, 0.29) is 29.5 Å². The van der Waals surface area contributed by atoms with E-state index in [1.165, 1.54) is 0 Å². The van der Waals surface area contributed by atoms with Crippen molar-refractivity contribution in [2.75, 3.05) is 19.8 Å². The molecule has 4 nitrogen and oxygen atoms in total. The predicted octanol–water partition coefficient (Wildman–Crippen LogP) is 2.46. The van der Waals surface area contributed by atoms with E-state index in [1.54, 1.807) is 0 Å². The van der Waals surface area contributed by atoms with Crippen LogP contribution in [-0.2, 0) is 18.9 Å². The Kier molecular flexibility index (Phi) is 3.93. The van der Waals surface area contributed by atoms with Crippen molar-refractivity contribution in [3.8, 4) is 0 Å². The molecule has 3 aliphatic heterocycles. The van der Waals surface area contributed by atoms with E-state index in [1.807, 2.05) is 6.08 Å². The first-order valence-electron chi connectivity index (χ1n) is 7.73. The Balaban J connectivity index is 1.66. The van der Waals surface area contributed by atoms with Crippen LogP contribution in [0.3, 0.4) is 0 Å². The molecule has 5 atom stereocenters. The summed E-state index contributed by atoms with van der Waals surface area (Å²) < 4.78 is 24.0. The maximum absolute atomic E-state index is 6.40. The van der Waals surface area contributed by atoms with E-state index in [9.17, 15) is 0 Å². The topological polar surface area (TPSA) is 36.9 Å². The van der Waals surface area contributed by atoms with Crippen molar-refractivity contribution < 1.29 is 18.9 Å². The molecule has 0 N–H and O–H groups in total. The second-order valence-electron chi connectivity index (χ2n) is 6.66. The first-order chi connectivity index (χ1) is 9.56. The quantitative estimate of drug-likeness (QED) is 0.745. The first-order valence-corrected chi connectivity index (χ1v) is 7.73. The summed E-state index contributed by atoms with van der Waals surface area (Å²) in [6.07, 6.45) is 6.19. The molecule has 4 heteroatoms. The lowest BCUT2D eigenvalue weighted by Gasteiger charge is -2.40. The van der Waals surface area contributed by atoms with Crippen molar-refractivity contribution >= 4 is 0 Å². The Labute approximate surface area is 121 Å². The van der Waals surface area contributed by atoms with Crippen molar-refractivity contribution in [2.45, 2.75) is 69.0 Å². The van der Waals surface area contributed by atoms with Crippen LogP contribution in [0.15, 0.2) is 12.7 Å². The number of hydrogen-bond acceptors (Lipinski definition) is 4. The molecule has 3 saturated heterocycles. The molecular weight excluding hydrogens is 256 g/mol. The van der Waals surface area contributed by atoms with Gasteiger partial charge < -0.3 is 18.9 Å². The zero-order chi connectivity index (χ0) is 14.2. The van der Waals surface area contributed by atoms with Crippen LogP contribution in [0.5, 0.6) is 0 Å². The van der Waals surface area contributed by atoms with Crippen molar-refractivity contribution in [3.63, 3.8) is 0 Å². The van der Waals surface area contributed by atoms with E-state index in [0.29, 0.717) is 13.2 Å². The molecule has 0 aromatic rings. The molecular formula is C16H26O4. The summed E-state index contributed by atoms with van der Waals surface area (Å²) in [6.45, 7) is 10.2. The van der Waals surface area contributed by atoms with Gasteiger partial charge in [-0.15, -0.1) is 6.58 Å². The maximum atomic E-state index is 6.40. The highest BCUT2D eigenvalue weighted by Gasteiger charge is 2.51. The first kappa shape index (κ1) is 14.5. The van der Waals surface area contributed by atoms with Gasteiger partial charge in [0, 0.05) is 6.61 Å². The molecule has 0 unspecified atom stereocenters. The summed E-state index contributed by atoms with van der Waals surface area (Å²) in [4.78, 5) is 0. The van der Waals surface area contributed by atoms with Crippen LogP contribution in [0, 0.1) is 0 Å². The third kappa shape index (κ3) is 2.54. The van der Waals surface area contributed by atoms with Crippen molar-refractivity contribution in [1.82, 2.24) is 0 Å². The molecule has 0 aromatic carbocycles. The standard InChI is InChI=1S/C16H26O4/c1-4-12-10-17-11-14(19-12)16(3)8-6-13(20-16)15(2)7-5-9-18-15/h4,12-14H,1,5-11H2,2-3H3/t12-,13-,14-,15+,16+/m1/s1. The van der Waals surface area contributed by atoms with Gasteiger partial charge in [0.05, 0.1) is 36.6 Å². The zero-order valence-corrected chi connectivity index (χ0v) is 12.6. The Morgan fingerprint density at radius 3 is 2.65 bits per heavy atom. The smallest absolute Gasteiger partial charge is 0.110 e. The van der Waals surface area contributed by atoms with Gasteiger partial charge in [-0.05, 0) is 39.5 Å². The molecule has 3 rings (SSSR count). The monoisotopic (exact) mass is 282 g/mol. The van der Waals surface area contributed by atoms with Crippen LogP contribution < -0.4 is 0 Å². The van der Waals surface area contributed by atoms with Gasteiger partial charge in [0.25, 0.3) is 0 Å². The van der Waals surface area contributed by atoms with E-state index in [4.69, 9.17) is 18.9 Å². The highest BCUT2D eigenvalue weighted by atomic mass is 16.6. The zero-order valence-electron chi connectivity index (χ0n) is 12.6. The van der Waals surface area contributed by atoms with Gasteiger partial charge >= 0.3 is 0 Å². The molecule has 20 heavy (non-hydrogen) atoms. The highest BCUT2D eigenvalue weighted by Crippen LogP contribution is 2.43. The third-order valence-corrected chi connectivity index (χ3v) is 5.08. The summed E-state index contributed by atoms with van der Waals surface area (Å²) in [5.74, 6) is 0. The minimum absolute atomic E-state index is 0.0192. The Morgan fingerprint density at radius 2 is 1.95 bits per heavy atom. The van der Waals surface area contributed by atoms with Crippen LogP contribution in [0.1, 0.15) is 39.5 Å². The highest BCUT2D eigenvalue weighted by molar-refractivity contribution is 5.01. The fourth-order valence-corrected chi connectivity index (χ4v) is 3.61. The molecule has 3 aliphatic rings. The molecule has 0 saturated carbocycles. The molecule has 0 radical (unpaired) electrons. The molecule has 3 heterocycles. The van der Waals surface area contributed by atoms with Crippen LogP contribution >= 0.6 is 0 Å². The summed E-state index contributed by atoms with van der Waals surface area (Å²) in [7, 11) is 0. The largest absolute Gasteiger partial charge is 0.376 e. The molecule has 0 bridgehead atoms. The lowest BCUT2D eigenvalue weighted by Crippen LogP contribution is -2.51. The molecule has 0 aliphatic carbocycles. The van der Waals surface area contributed by atoms with Gasteiger partial charge in [-0.25, -0.2) is 0 Å². The fourth-order valence-electron chi connectivity index (χ4n) is 3.61. The lowest BCUT2D eigenvalue weighted by atomic mass is 9.91. The Bertz CT molecular complexity index is 363. The predicted molar refractivity (Wildman–Crippen MR) is 75.8 cm³/mol. The summed E-state index contributed by atoms with van der Waals surface area (Å²) in [5, 5.41) is 0. The van der Waals surface area contributed by atoms with Gasteiger partial charge in [-0.1, -0.05) is 6.08 Å². The number of rotatable bonds is 3. The number of hydrogen-bond donors (Lipinski definition) is 0. The SMILES string of the molecule is C=C[C@@H]1COC[C@H]([C@]2(C)CC[C@H]([C@]3(C)CCCO3)O2)O1. The summed E-state index contributed by atoms with van der Waals surface area (Å²) >= 11 is 0. The van der Waals surface area contributed by atoms with Gasteiger partial charge in [0.1, 0.15) is 6.10 Å². The van der Waals surface area contributed by atoms with Crippen molar-refractivity contribution in [1.29, 1.82) is 0 Å². The lowest BCUT2D eigenvalue weighted by molar-refractivity contribution is -0.217. The average Bonchev–Trinajstić information content (AvgIpc) is 3.07. The Hall–Kier alpha value is -0.420. The summed E-state index contributed by atoms with van der Waals surface area (Å²) in [6, 6.07) is 0. The van der Waals surface area contributed by atoms with E-state index < -0.39 is 0 Å². The fraction of sp³-hybridized carbons (Fsp3) is 0.875. The molecule has 0 amide bonds. The third-order valence-electron chi connectivity index (χ3n) is 5.08. The van der Waals surface area contributed by atoms with Crippen LogP contribution in [-0.4, -0.2) is 49.3 Å². The molecule has 114 valence electrons. The van der Waals surface area contributed by atoms with E-state index >= 15 is 0 Å². The van der Waals surface area contributed by atoms with Crippen molar-refractivity contribution in [2.24, 2.45) is 0 Å². The van der Waals surface area contributed by atoms with E-state index in [0.717, 1.165) is 32.3 Å².